The third-order valence-electron chi connectivity index (χ3n) is 2.74. The van der Waals surface area contributed by atoms with Crippen LogP contribution in [0.4, 0.5) is 5.95 Å². The van der Waals surface area contributed by atoms with Crippen LogP contribution in [0.5, 0.6) is 0 Å². The number of nitrogens with zero attached hydrogens (tertiary/aromatic N) is 3. The molecule has 0 aliphatic heterocycles. The van der Waals surface area contributed by atoms with Crippen molar-refractivity contribution in [3.05, 3.63) is 24.4 Å². The SMILES string of the molecule is COC(=O)C(CC(C)C)Nc1nc2ccccn2n1. The van der Waals surface area contributed by atoms with Crippen molar-refractivity contribution in [2.75, 3.05) is 12.4 Å². The maximum absolute atomic E-state index is 11.7. The average molecular weight is 262 g/mol. The van der Waals surface area contributed by atoms with Gasteiger partial charge in [0.05, 0.1) is 7.11 Å². The second-order valence-corrected chi connectivity index (χ2v) is 4.79. The number of pyridine rings is 1. The molecule has 0 amide bonds. The first-order chi connectivity index (χ1) is 9.10. The molecule has 0 radical (unpaired) electrons. The summed E-state index contributed by atoms with van der Waals surface area (Å²) in [5.74, 6) is 0.503. The van der Waals surface area contributed by atoms with Crippen LogP contribution < -0.4 is 5.32 Å². The van der Waals surface area contributed by atoms with Crippen LogP contribution in [0.3, 0.4) is 0 Å². The molecular weight excluding hydrogens is 244 g/mol. The monoisotopic (exact) mass is 262 g/mol. The Bertz CT molecular complexity index is 532. The van der Waals surface area contributed by atoms with E-state index in [9.17, 15) is 4.79 Å². The summed E-state index contributed by atoms with van der Waals surface area (Å²) < 4.78 is 6.45. The zero-order valence-corrected chi connectivity index (χ0v) is 11.3. The van der Waals surface area contributed by atoms with Gasteiger partial charge in [0.2, 0.25) is 5.95 Å². The highest BCUT2D eigenvalue weighted by atomic mass is 16.5. The molecule has 0 saturated heterocycles. The van der Waals surface area contributed by atoms with Gasteiger partial charge in [0.25, 0.3) is 0 Å². The molecule has 1 unspecified atom stereocenters. The number of hydrogen-bond donors (Lipinski definition) is 1. The number of ether oxygens (including phenoxy) is 1. The third kappa shape index (κ3) is 3.21. The molecule has 0 aromatic carbocycles. The highest BCUT2D eigenvalue weighted by Crippen LogP contribution is 2.12. The molecule has 2 aromatic rings. The topological polar surface area (TPSA) is 68.5 Å². The molecule has 0 saturated carbocycles. The van der Waals surface area contributed by atoms with Crippen molar-refractivity contribution >= 4 is 17.6 Å². The summed E-state index contributed by atoms with van der Waals surface area (Å²) in [5.41, 5.74) is 0.734. The van der Waals surface area contributed by atoms with E-state index in [2.05, 4.69) is 29.2 Å². The van der Waals surface area contributed by atoms with E-state index in [0.717, 1.165) is 5.65 Å². The van der Waals surface area contributed by atoms with Crippen LogP contribution in [0.25, 0.3) is 5.65 Å². The van der Waals surface area contributed by atoms with Crippen molar-refractivity contribution < 1.29 is 9.53 Å². The Morgan fingerprint density at radius 3 is 2.89 bits per heavy atom. The molecule has 2 rings (SSSR count). The minimum atomic E-state index is -0.428. The van der Waals surface area contributed by atoms with Gasteiger partial charge in [0.15, 0.2) is 5.65 Å². The zero-order valence-electron chi connectivity index (χ0n) is 11.3. The fraction of sp³-hybridized carbons (Fsp3) is 0.462. The fourth-order valence-electron chi connectivity index (χ4n) is 1.88. The van der Waals surface area contributed by atoms with Crippen LogP contribution in [0.15, 0.2) is 24.4 Å². The van der Waals surface area contributed by atoms with E-state index in [4.69, 9.17) is 4.74 Å². The minimum absolute atomic E-state index is 0.299. The summed E-state index contributed by atoms with van der Waals surface area (Å²) in [6.07, 6.45) is 2.48. The second kappa shape index (κ2) is 5.69. The third-order valence-corrected chi connectivity index (χ3v) is 2.74. The van der Waals surface area contributed by atoms with Gasteiger partial charge in [0, 0.05) is 6.20 Å². The van der Waals surface area contributed by atoms with E-state index >= 15 is 0 Å². The highest BCUT2D eigenvalue weighted by Gasteiger charge is 2.21. The van der Waals surface area contributed by atoms with E-state index in [1.54, 1.807) is 4.52 Å². The maximum Gasteiger partial charge on any atom is 0.328 e. The molecule has 6 heteroatoms. The van der Waals surface area contributed by atoms with Crippen molar-refractivity contribution in [2.24, 2.45) is 5.92 Å². The number of fused-ring (bicyclic) bond motifs is 1. The Balaban J connectivity index is 2.17. The van der Waals surface area contributed by atoms with Crippen LogP contribution in [0.2, 0.25) is 0 Å². The summed E-state index contributed by atoms with van der Waals surface area (Å²) in [7, 11) is 1.38. The predicted octanol–water partition coefficient (Wildman–Crippen LogP) is 1.73. The van der Waals surface area contributed by atoms with Crippen LogP contribution in [-0.2, 0) is 9.53 Å². The van der Waals surface area contributed by atoms with Gasteiger partial charge in [-0.25, -0.2) is 9.31 Å². The molecule has 6 nitrogen and oxygen atoms in total. The van der Waals surface area contributed by atoms with E-state index < -0.39 is 6.04 Å². The maximum atomic E-state index is 11.7. The van der Waals surface area contributed by atoms with Crippen LogP contribution >= 0.6 is 0 Å². The lowest BCUT2D eigenvalue weighted by molar-refractivity contribution is -0.141. The van der Waals surface area contributed by atoms with E-state index in [1.165, 1.54) is 7.11 Å². The Morgan fingerprint density at radius 2 is 2.26 bits per heavy atom. The molecule has 0 aliphatic rings. The van der Waals surface area contributed by atoms with E-state index in [1.807, 2.05) is 24.4 Å². The number of esters is 1. The van der Waals surface area contributed by atoms with Crippen LogP contribution in [-0.4, -0.2) is 33.7 Å². The number of rotatable bonds is 5. The van der Waals surface area contributed by atoms with E-state index in [-0.39, 0.29) is 5.97 Å². The van der Waals surface area contributed by atoms with Gasteiger partial charge >= 0.3 is 5.97 Å². The second-order valence-electron chi connectivity index (χ2n) is 4.79. The van der Waals surface area contributed by atoms with Gasteiger partial charge in [-0.15, -0.1) is 5.10 Å². The number of carbonyl (C=O) groups is 1. The molecule has 0 fully saturated rings. The minimum Gasteiger partial charge on any atom is -0.467 e. The van der Waals surface area contributed by atoms with Crippen LogP contribution in [0.1, 0.15) is 20.3 Å². The number of carbonyl (C=O) groups excluding carboxylic acids is 1. The van der Waals surface area contributed by atoms with Crippen molar-refractivity contribution in [2.45, 2.75) is 26.3 Å². The number of hydrogen-bond acceptors (Lipinski definition) is 5. The highest BCUT2D eigenvalue weighted by molar-refractivity contribution is 5.78. The summed E-state index contributed by atoms with van der Waals surface area (Å²) >= 11 is 0. The van der Waals surface area contributed by atoms with Gasteiger partial charge in [-0.2, -0.15) is 4.98 Å². The first kappa shape index (κ1) is 13.3. The number of methoxy groups -OCH3 is 1. The Labute approximate surface area is 111 Å². The molecule has 0 spiro atoms. The lowest BCUT2D eigenvalue weighted by Crippen LogP contribution is -2.32. The quantitative estimate of drug-likeness (QED) is 0.831. The smallest absolute Gasteiger partial charge is 0.328 e. The summed E-state index contributed by atoms with van der Waals surface area (Å²) in [6.45, 7) is 4.10. The lowest BCUT2D eigenvalue weighted by Gasteiger charge is -2.16. The zero-order chi connectivity index (χ0) is 13.8. The van der Waals surface area contributed by atoms with E-state index in [0.29, 0.717) is 18.3 Å². The molecule has 19 heavy (non-hydrogen) atoms. The number of nitrogens with one attached hydrogen (secondary N) is 1. The predicted molar refractivity (Wildman–Crippen MR) is 71.9 cm³/mol. The number of aromatic nitrogens is 3. The van der Waals surface area contributed by atoms with Gasteiger partial charge in [-0.3, -0.25) is 0 Å². The first-order valence-electron chi connectivity index (χ1n) is 6.26. The average Bonchev–Trinajstić information content (AvgIpc) is 2.78. The number of anilines is 1. The first-order valence-corrected chi connectivity index (χ1v) is 6.26. The largest absolute Gasteiger partial charge is 0.467 e. The summed E-state index contributed by atoms with van der Waals surface area (Å²) in [6, 6.07) is 5.19. The Kier molecular flexibility index (Phi) is 3.99. The fourth-order valence-corrected chi connectivity index (χ4v) is 1.88. The Hall–Kier alpha value is -2.11. The molecule has 1 N–H and O–H groups in total. The molecule has 102 valence electrons. The molecule has 0 bridgehead atoms. The molecule has 2 heterocycles. The van der Waals surface area contributed by atoms with Crippen molar-refractivity contribution in [1.82, 2.24) is 14.6 Å². The van der Waals surface area contributed by atoms with Crippen LogP contribution in [0, 0.1) is 5.92 Å². The van der Waals surface area contributed by atoms with Gasteiger partial charge < -0.3 is 10.1 Å². The lowest BCUT2D eigenvalue weighted by atomic mass is 10.0. The normalized spacial score (nSPS) is 12.6. The standard InChI is InChI=1S/C13H18N4O2/c1-9(2)8-10(12(18)19-3)14-13-15-11-6-4-5-7-17(11)16-13/h4-7,9-10H,8H2,1-3H3,(H,14,16). The van der Waals surface area contributed by atoms with Crippen molar-refractivity contribution in [1.29, 1.82) is 0 Å². The summed E-state index contributed by atoms with van der Waals surface area (Å²) in [5, 5.41) is 7.30. The van der Waals surface area contributed by atoms with Crippen molar-refractivity contribution in [3.8, 4) is 0 Å². The van der Waals surface area contributed by atoms with Crippen molar-refractivity contribution in [3.63, 3.8) is 0 Å². The summed E-state index contributed by atoms with van der Waals surface area (Å²) in [4.78, 5) is 16.0. The molecule has 2 aromatic heterocycles. The van der Waals surface area contributed by atoms with Gasteiger partial charge in [-0.05, 0) is 24.5 Å². The molecule has 0 aliphatic carbocycles. The van der Waals surface area contributed by atoms with Gasteiger partial charge in [0.1, 0.15) is 6.04 Å². The van der Waals surface area contributed by atoms with Gasteiger partial charge in [-0.1, -0.05) is 19.9 Å². The molecule has 1 atom stereocenters. The Morgan fingerprint density at radius 1 is 1.47 bits per heavy atom. The molecular formula is C13H18N4O2.